The van der Waals surface area contributed by atoms with Crippen molar-refractivity contribution in [2.75, 3.05) is 6.61 Å². The minimum Gasteiger partial charge on any atom is -0.463 e. The van der Waals surface area contributed by atoms with E-state index in [-0.39, 0.29) is 6.61 Å². The van der Waals surface area contributed by atoms with E-state index in [0.29, 0.717) is 0 Å². The number of hydrogen-bond donors (Lipinski definition) is 1. The van der Waals surface area contributed by atoms with Crippen LogP contribution in [0.25, 0.3) is 0 Å². The van der Waals surface area contributed by atoms with Crippen LogP contribution >= 0.6 is 0 Å². The van der Waals surface area contributed by atoms with Gasteiger partial charge in [0.1, 0.15) is 18.8 Å². The molecule has 11 nitrogen and oxygen atoms in total. The molecule has 1 saturated heterocycles. The lowest BCUT2D eigenvalue weighted by atomic mass is 9.96. The minimum absolute atomic E-state index is 0.365. The highest BCUT2D eigenvalue weighted by Crippen LogP contribution is 2.28. The molecular weight excluding hydrogens is 366 g/mol. The predicted molar refractivity (Wildman–Crippen MR) is 85.8 cm³/mol. The Bertz CT molecular complexity index is 604. The highest BCUT2D eigenvalue weighted by molar-refractivity contribution is 5.74. The molecule has 1 fully saturated rings. The number of nitrogens with one attached hydrogen (secondary N) is 1. The van der Waals surface area contributed by atoms with E-state index in [9.17, 15) is 24.0 Å². The Balaban J connectivity index is 3.29. The van der Waals surface area contributed by atoms with Gasteiger partial charge in [0, 0.05) is 34.6 Å². The molecule has 1 rings (SSSR count). The zero-order valence-electron chi connectivity index (χ0n) is 15.7. The first-order chi connectivity index (χ1) is 12.5. The molecular formula is C16H23NO10. The second-order valence-corrected chi connectivity index (χ2v) is 5.83. The van der Waals surface area contributed by atoms with Gasteiger partial charge >= 0.3 is 23.9 Å². The van der Waals surface area contributed by atoms with Crippen LogP contribution in [-0.2, 0) is 47.7 Å². The molecule has 0 unspecified atom stereocenters. The normalized spacial score (nSPS) is 27.1. The molecule has 152 valence electrons. The number of ether oxygens (including phenoxy) is 5. The highest BCUT2D eigenvalue weighted by Gasteiger charge is 2.52. The first-order valence-electron chi connectivity index (χ1n) is 8.08. The maximum atomic E-state index is 11.6. The third-order valence-electron chi connectivity index (χ3n) is 3.35. The van der Waals surface area contributed by atoms with Gasteiger partial charge in [0.05, 0.1) is 0 Å². The number of esters is 4. The fraction of sp³-hybridized carbons (Fsp3) is 0.688. The molecule has 1 aliphatic heterocycles. The molecule has 1 amide bonds. The fourth-order valence-corrected chi connectivity index (χ4v) is 2.55. The zero-order valence-corrected chi connectivity index (χ0v) is 15.7. The van der Waals surface area contributed by atoms with E-state index in [1.165, 1.54) is 6.92 Å². The van der Waals surface area contributed by atoms with E-state index in [0.717, 1.165) is 27.7 Å². The standard InChI is InChI=1S/C16H23NO10/c1-7(18)17-13-15(25-10(4)21)14(24-9(3)20)12(6-23-8(2)19)27-16(13)26-11(5)22/h12-16H,6H2,1-5H3,(H,17,18)/t12-,13-,14+,15+,16-/m1/s1. The number of carbonyl (C=O) groups is 5. The average molecular weight is 389 g/mol. The summed E-state index contributed by atoms with van der Waals surface area (Å²) in [5.74, 6) is -3.34. The number of rotatable bonds is 6. The van der Waals surface area contributed by atoms with Crippen LogP contribution in [0, 0.1) is 0 Å². The molecule has 0 bridgehead atoms. The first-order valence-corrected chi connectivity index (χ1v) is 8.08. The van der Waals surface area contributed by atoms with Crippen molar-refractivity contribution in [3.05, 3.63) is 0 Å². The van der Waals surface area contributed by atoms with Crippen LogP contribution in [0.3, 0.4) is 0 Å². The summed E-state index contributed by atoms with van der Waals surface area (Å²) in [6.45, 7) is 5.36. The lowest BCUT2D eigenvalue weighted by Gasteiger charge is -2.44. The van der Waals surface area contributed by atoms with Crippen molar-refractivity contribution < 1.29 is 47.7 Å². The fourth-order valence-electron chi connectivity index (χ4n) is 2.55. The molecule has 1 aliphatic rings. The zero-order chi connectivity index (χ0) is 20.7. The quantitative estimate of drug-likeness (QED) is 0.453. The van der Waals surface area contributed by atoms with Gasteiger partial charge in [-0.05, 0) is 0 Å². The van der Waals surface area contributed by atoms with Gasteiger partial charge in [0.15, 0.2) is 12.2 Å². The second-order valence-electron chi connectivity index (χ2n) is 5.83. The summed E-state index contributed by atoms with van der Waals surface area (Å²) in [4.78, 5) is 57.2. The lowest BCUT2D eigenvalue weighted by Crippen LogP contribution is -2.66. The monoisotopic (exact) mass is 389 g/mol. The number of hydrogen-bond acceptors (Lipinski definition) is 10. The second kappa shape index (κ2) is 9.86. The Kier molecular flexibility index (Phi) is 8.16. The van der Waals surface area contributed by atoms with Gasteiger partial charge in [-0.3, -0.25) is 24.0 Å². The van der Waals surface area contributed by atoms with Crippen molar-refractivity contribution in [3.63, 3.8) is 0 Å². The van der Waals surface area contributed by atoms with Crippen LogP contribution in [0.1, 0.15) is 34.6 Å². The van der Waals surface area contributed by atoms with E-state index in [4.69, 9.17) is 23.7 Å². The van der Waals surface area contributed by atoms with Crippen LogP contribution < -0.4 is 5.32 Å². The molecule has 0 aromatic heterocycles. The summed E-state index contributed by atoms with van der Waals surface area (Å²) >= 11 is 0. The summed E-state index contributed by atoms with van der Waals surface area (Å²) in [7, 11) is 0. The van der Waals surface area contributed by atoms with Crippen LogP contribution in [-0.4, -0.2) is 67.0 Å². The largest absolute Gasteiger partial charge is 0.463 e. The summed E-state index contributed by atoms with van der Waals surface area (Å²) in [6, 6.07) is -1.16. The van der Waals surface area contributed by atoms with Crippen LogP contribution in [0.5, 0.6) is 0 Å². The molecule has 5 atom stereocenters. The Morgan fingerprint density at radius 3 is 1.74 bits per heavy atom. The summed E-state index contributed by atoms with van der Waals surface area (Å²) in [5, 5.41) is 2.46. The van der Waals surface area contributed by atoms with Crippen molar-refractivity contribution in [1.82, 2.24) is 5.32 Å². The predicted octanol–water partition coefficient (Wildman–Crippen LogP) is -0.794. The molecule has 0 saturated carbocycles. The third kappa shape index (κ3) is 7.21. The molecule has 0 radical (unpaired) electrons. The van der Waals surface area contributed by atoms with Gasteiger partial charge in [-0.2, -0.15) is 0 Å². The maximum absolute atomic E-state index is 11.6. The smallest absolute Gasteiger partial charge is 0.305 e. The van der Waals surface area contributed by atoms with Crippen molar-refractivity contribution in [3.8, 4) is 0 Å². The van der Waals surface area contributed by atoms with Crippen LogP contribution in [0.4, 0.5) is 0 Å². The molecule has 27 heavy (non-hydrogen) atoms. The van der Waals surface area contributed by atoms with E-state index < -0.39 is 60.4 Å². The van der Waals surface area contributed by atoms with E-state index in [1.54, 1.807) is 0 Å². The summed E-state index contributed by atoms with van der Waals surface area (Å²) in [6.07, 6.45) is -4.97. The number of amides is 1. The Hall–Kier alpha value is -2.69. The first kappa shape index (κ1) is 22.4. The Morgan fingerprint density at radius 2 is 1.30 bits per heavy atom. The van der Waals surface area contributed by atoms with Gasteiger partial charge < -0.3 is 29.0 Å². The van der Waals surface area contributed by atoms with Crippen molar-refractivity contribution in [1.29, 1.82) is 0 Å². The van der Waals surface area contributed by atoms with Gasteiger partial charge in [-0.1, -0.05) is 0 Å². The van der Waals surface area contributed by atoms with Gasteiger partial charge in [0.25, 0.3) is 0 Å². The van der Waals surface area contributed by atoms with Crippen LogP contribution in [0.2, 0.25) is 0 Å². The molecule has 1 heterocycles. The molecule has 0 aliphatic carbocycles. The lowest BCUT2D eigenvalue weighted by molar-refractivity contribution is -0.270. The van der Waals surface area contributed by atoms with Crippen LogP contribution in [0.15, 0.2) is 0 Å². The summed E-state index contributed by atoms with van der Waals surface area (Å²) < 4.78 is 25.9. The molecule has 11 heteroatoms. The van der Waals surface area contributed by atoms with Gasteiger partial charge in [0.2, 0.25) is 12.2 Å². The van der Waals surface area contributed by atoms with Gasteiger partial charge in [-0.15, -0.1) is 0 Å². The SMILES string of the molecule is CC(=O)N[C@H]1[C@H](OC(C)=O)O[C@H](COC(C)=O)[C@H](OC(C)=O)[C@H]1OC(C)=O. The van der Waals surface area contributed by atoms with Crippen molar-refractivity contribution in [2.24, 2.45) is 0 Å². The maximum Gasteiger partial charge on any atom is 0.305 e. The molecule has 0 spiro atoms. The number of carbonyl (C=O) groups excluding carboxylic acids is 5. The highest BCUT2D eigenvalue weighted by atomic mass is 16.7. The topological polar surface area (TPSA) is 144 Å². The molecule has 0 aromatic carbocycles. The molecule has 1 N–H and O–H groups in total. The Morgan fingerprint density at radius 1 is 0.778 bits per heavy atom. The van der Waals surface area contributed by atoms with Gasteiger partial charge in [-0.25, -0.2) is 0 Å². The summed E-state index contributed by atoms with van der Waals surface area (Å²) in [5.41, 5.74) is 0. The minimum atomic E-state index is -1.37. The average Bonchev–Trinajstić information content (AvgIpc) is 2.49. The Labute approximate surface area is 155 Å². The van der Waals surface area contributed by atoms with E-state index in [2.05, 4.69) is 5.32 Å². The molecule has 0 aromatic rings. The van der Waals surface area contributed by atoms with E-state index in [1.807, 2.05) is 0 Å². The third-order valence-corrected chi connectivity index (χ3v) is 3.35. The van der Waals surface area contributed by atoms with E-state index >= 15 is 0 Å². The van der Waals surface area contributed by atoms with Crippen molar-refractivity contribution in [2.45, 2.75) is 65.3 Å². The van der Waals surface area contributed by atoms with Crippen molar-refractivity contribution >= 4 is 29.8 Å².